The number of hydrogen-bond donors (Lipinski definition) is 1. The van der Waals surface area contributed by atoms with Crippen LogP contribution >= 0.6 is 15.9 Å². The largest absolute Gasteiger partial charge is 0.356 e. The number of hydrogen-bond acceptors (Lipinski definition) is 4. The summed E-state index contributed by atoms with van der Waals surface area (Å²) in [7, 11) is 0. The molecule has 0 saturated carbocycles. The molecule has 4 rings (SSSR count). The van der Waals surface area contributed by atoms with Gasteiger partial charge >= 0.3 is 0 Å². The molecule has 2 aromatic heterocycles. The third-order valence-corrected chi connectivity index (χ3v) is 4.50. The van der Waals surface area contributed by atoms with Crippen molar-refractivity contribution in [2.24, 2.45) is 0 Å². The van der Waals surface area contributed by atoms with E-state index >= 15 is 0 Å². The zero-order chi connectivity index (χ0) is 15.8. The van der Waals surface area contributed by atoms with E-state index in [1.165, 1.54) is 6.20 Å². The van der Waals surface area contributed by atoms with Crippen LogP contribution in [0, 0.1) is 0 Å². The molecular formula is C16H15BrN4O2. The van der Waals surface area contributed by atoms with Gasteiger partial charge in [-0.3, -0.25) is 9.78 Å². The van der Waals surface area contributed by atoms with Crippen LogP contribution in [0.1, 0.15) is 25.5 Å². The summed E-state index contributed by atoms with van der Waals surface area (Å²) < 4.78 is 8.75. The van der Waals surface area contributed by atoms with Gasteiger partial charge in [-0.25, -0.2) is 4.68 Å². The van der Waals surface area contributed by atoms with Crippen LogP contribution in [-0.4, -0.2) is 26.4 Å². The van der Waals surface area contributed by atoms with Crippen LogP contribution < -0.4 is 5.56 Å². The van der Waals surface area contributed by atoms with E-state index in [0.29, 0.717) is 11.4 Å². The van der Waals surface area contributed by atoms with E-state index in [-0.39, 0.29) is 11.8 Å². The first-order valence-electron chi connectivity index (χ1n) is 7.56. The van der Waals surface area contributed by atoms with Gasteiger partial charge in [-0.05, 0) is 37.5 Å². The minimum Gasteiger partial charge on any atom is -0.356 e. The lowest BCUT2D eigenvalue weighted by Crippen LogP contribution is -2.19. The maximum absolute atomic E-state index is 11.6. The van der Waals surface area contributed by atoms with E-state index in [1.54, 1.807) is 6.20 Å². The Labute approximate surface area is 140 Å². The summed E-state index contributed by atoms with van der Waals surface area (Å²) >= 11 is 3.50. The van der Waals surface area contributed by atoms with Crippen molar-refractivity contribution >= 4 is 26.8 Å². The van der Waals surface area contributed by atoms with E-state index in [9.17, 15) is 4.79 Å². The molecule has 3 aromatic rings. The molecule has 0 bridgehead atoms. The van der Waals surface area contributed by atoms with Gasteiger partial charge in [0.1, 0.15) is 5.69 Å². The quantitative estimate of drug-likeness (QED) is 0.746. The number of halogens is 1. The summed E-state index contributed by atoms with van der Waals surface area (Å²) in [4.78, 5) is 18.4. The number of rotatable bonds is 2. The summed E-state index contributed by atoms with van der Waals surface area (Å²) in [6.07, 6.45) is 5.96. The number of nitrogens with one attached hydrogen (secondary N) is 1. The molecule has 0 spiro atoms. The second-order valence-corrected chi connectivity index (χ2v) is 6.50. The third kappa shape index (κ3) is 2.70. The minimum absolute atomic E-state index is 0.0652. The SMILES string of the molecule is O=c1cncc(-c2nn(C3CCCCO3)c3ccc(Br)cc23)[nH]1. The predicted octanol–water partition coefficient (Wildman–Crippen LogP) is 3.25. The first-order valence-corrected chi connectivity index (χ1v) is 8.36. The molecule has 1 aliphatic heterocycles. The van der Waals surface area contributed by atoms with Crippen molar-refractivity contribution in [2.45, 2.75) is 25.5 Å². The Balaban J connectivity index is 1.93. The third-order valence-electron chi connectivity index (χ3n) is 4.01. The summed E-state index contributed by atoms with van der Waals surface area (Å²) in [5, 5.41) is 5.68. The number of aromatic amines is 1. The fourth-order valence-electron chi connectivity index (χ4n) is 2.95. The van der Waals surface area contributed by atoms with Crippen molar-refractivity contribution in [1.29, 1.82) is 0 Å². The number of ether oxygens (including phenoxy) is 1. The Morgan fingerprint density at radius 3 is 3.00 bits per heavy atom. The Hall–Kier alpha value is -1.99. The molecule has 1 fully saturated rings. The van der Waals surface area contributed by atoms with Crippen molar-refractivity contribution in [2.75, 3.05) is 6.61 Å². The number of fused-ring (bicyclic) bond motifs is 1. The molecule has 1 unspecified atom stereocenters. The smallest absolute Gasteiger partial charge is 0.266 e. The first-order chi connectivity index (χ1) is 11.2. The number of nitrogens with zero attached hydrogens (tertiary/aromatic N) is 3. The number of aromatic nitrogens is 4. The topological polar surface area (TPSA) is 72.8 Å². The van der Waals surface area contributed by atoms with Gasteiger partial charge < -0.3 is 9.72 Å². The molecule has 23 heavy (non-hydrogen) atoms. The average Bonchev–Trinajstić information content (AvgIpc) is 2.94. The highest BCUT2D eigenvalue weighted by Gasteiger charge is 2.22. The van der Waals surface area contributed by atoms with Crippen molar-refractivity contribution in [1.82, 2.24) is 19.7 Å². The van der Waals surface area contributed by atoms with Gasteiger partial charge in [0.05, 0.1) is 23.6 Å². The van der Waals surface area contributed by atoms with Gasteiger partial charge in [-0.1, -0.05) is 15.9 Å². The Kier molecular flexibility index (Phi) is 3.74. The Bertz CT molecular complexity index is 912. The molecule has 1 atom stereocenters. The van der Waals surface area contributed by atoms with Crippen molar-refractivity contribution in [3.8, 4) is 11.4 Å². The lowest BCUT2D eigenvalue weighted by Gasteiger charge is -2.23. The zero-order valence-corrected chi connectivity index (χ0v) is 13.9. The zero-order valence-electron chi connectivity index (χ0n) is 12.3. The highest BCUT2D eigenvalue weighted by atomic mass is 79.9. The van der Waals surface area contributed by atoms with Crippen LogP contribution in [0.15, 0.2) is 39.9 Å². The van der Waals surface area contributed by atoms with Gasteiger partial charge in [-0.2, -0.15) is 5.10 Å². The molecule has 1 N–H and O–H groups in total. The lowest BCUT2D eigenvalue weighted by atomic mass is 10.1. The molecule has 0 amide bonds. The van der Waals surface area contributed by atoms with Gasteiger partial charge in [0.25, 0.3) is 5.56 Å². The number of H-pyrrole nitrogens is 1. The fourth-order valence-corrected chi connectivity index (χ4v) is 3.31. The van der Waals surface area contributed by atoms with Crippen molar-refractivity contribution < 1.29 is 4.74 Å². The van der Waals surface area contributed by atoms with Crippen molar-refractivity contribution in [3.05, 3.63) is 45.4 Å². The highest BCUT2D eigenvalue weighted by molar-refractivity contribution is 9.10. The van der Waals surface area contributed by atoms with Crippen LogP contribution in [0.5, 0.6) is 0 Å². The molecule has 0 aliphatic carbocycles. The fraction of sp³-hybridized carbons (Fsp3) is 0.312. The molecular weight excluding hydrogens is 360 g/mol. The summed E-state index contributed by atoms with van der Waals surface area (Å²) in [6.45, 7) is 0.752. The molecule has 1 aliphatic rings. The minimum atomic E-state index is -0.242. The van der Waals surface area contributed by atoms with Gasteiger partial charge in [0.2, 0.25) is 0 Å². The monoisotopic (exact) mass is 374 g/mol. The second kappa shape index (κ2) is 5.90. The summed E-state index contributed by atoms with van der Waals surface area (Å²) in [6, 6.07) is 6.00. The van der Waals surface area contributed by atoms with Gasteiger partial charge in [0, 0.05) is 16.5 Å². The standard InChI is InChI=1S/C16H15BrN4O2/c17-10-4-5-13-11(7-10)16(12-8-18-9-14(22)19-12)20-21(13)15-3-1-2-6-23-15/h4-5,7-9,15H,1-3,6H2,(H,19,22). The Morgan fingerprint density at radius 2 is 2.22 bits per heavy atom. The predicted molar refractivity (Wildman–Crippen MR) is 90.1 cm³/mol. The summed E-state index contributed by atoms with van der Waals surface area (Å²) in [5.41, 5.74) is 2.06. The summed E-state index contributed by atoms with van der Waals surface area (Å²) in [5.74, 6) is 0. The molecule has 7 heteroatoms. The first kappa shape index (κ1) is 14.6. The van der Waals surface area contributed by atoms with E-state index in [1.807, 2.05) is 22.9 Å². The molecule has 3 heterocycles. The van der Waals surface area contributed by atoms with Crippen LogP contribution in [0.3, 0.4) is 0 Å². The lowest BCUT2D eigenvalue weighted by molar-refractivity contribution is -0.0365. The van der Waals surface area contributed by atoms with E-state index in [4.69, 9.17) is 9.84 Å². The van der Waals surface area contributed by atoms with Gasteiger partial charge in [-0.15, -0.1) is 0 Å². The molecule has 0 radical (unpaired) electrons. The van der Waals surface area contributed by atoms with Crippen molar-refractivity contribution in [3.63, 3.8) is 0 Å². The van der Waals surface area contributed by atoms with Crippen LogP contribution in [0.4, 0.5) is 0 Å². The van der Waals surface area contributed by atoms with Crippen LogP contribution in [0.2, 0.25) is 0 Å². The van der Waals surface area contributed by atoms with Crippen LogP contribution in [-0.2, 0) is 4.74 Å². The Morgan fingerprint density at radius 1 is 1.30 bits per heavy atom. The molecule has 118 valence electrons. The maximum atomic E-state index is 11.6. The van der Waals surface area contributed by atoms with Crippen LogP contribution in [0.25, 0.3) is 22.3 Å². The van der Waals surface area contributed by atoms with E-state index in [0.717, 1.165) is 41.2 Å². The average molecular weight is 375 g/mol. The second-order valence-electron chi connectivity index (χ2n) is 5.59. The molecule has 6 nitrogen and oxygen atoms in total. The molecule has 1 aromatic carbocycles. The van der Waals surface area contributed by atoms with E-state index in [2.05, 4.69) is 25.9 Å². The normalized spacial score (nSPS) is 18.4. The maximum Gasteiger partial charge on any atom is 0.266 e. The number of benzene rings is 1. The highest BCUT2D eigenvalue weighted by Crippen LogP contribution is 2.33. The molecule has 1 saturated heterocycles. The van der Waals surface area contributed by atoms with E-state index < -0.39 is 0 Å². The van der Waals surface area contributed by atoms with Gasteiger partial charge in [0.15, 0.2) is 6.23 Å².